The third-order valence-electron chi connectivity index (χ3n) is 2.17. The summed E-state index contributed by atoms with van der Waals surface area (Å²) in [5.41, 5.74) is 0. The maximum absolute atomic E-state index is 13.5. The Morgan fingerprint density at radius 2 is 2.27 bits per heavy atom. The van der Waals surface area contributed by atoms with Crippen LogP contribution in [0.4, 0.5) is 10.2 Å². The van der Waals surface area contributed by atoms with E-state index in [4.69, 9.17) is 0 Å². The number of aromatic nitrogens is 1. The summed E-state index contributed by atoms with van der Waals surface area (Å²) < 4.78 is 13.5. The molecule has 1 heterocycles. The van der Waals surface area contributed by atoms with Gasteiger partial charge in [0.2, 0.25) is 0 Å². The summed E-state index contributed by atoms with van der Waals surface area (Å²) >= 11 is 3.37. The summed E-state index contributed by atoms with van der Waals surface area (Å²) in [7, 11) is 0. The molecule has 0 amide bonds. The van der Waals surface area contributed by atoms with E-state index in [2.05, 4.69) is 27.8 Å². The molecular weight excluding hydrogens is 259 g/mol. The standard InChI is InChI=1S/C11H16BrFN2/c1-2-3-8-15(9-6-12)11-10(13)5-4-7-14-11/h4-5,7H,2-3,6,8-9H2,1H3. The SMILES string of the molecule is CCCCN(CCBr)c1ncccc1F. The van der Waals surface area contributed by atoms with Gasteiger partial charge in [-0.15, -0.1) is 0 Å². The van der Waals surface area contributed by atoms with E-state index in [1.807, 2.05) is 4.90 Å². The number of rotatable bonds is 6. The molecule has 0 spiro atoms. The van der Waals surface area contributed by atoms with Crippen LogP contribution in [0.25, 0.3) is 0 Å². The molecule has 4 heteroatoms. The van der Waals surface area contributed by atoms with E-state index in [-0.39, 0.29) is 5.82 Å². The fraction of sp³-hybridized carbons (Fsp3) is 0.545. The van der Waals surface area contributed by atoms with Crippen molar-refractivity contribution in [3.8, 4) is 0 Å². The van der Waals surface area contributed by atoms with Gasteiger partial charge in [0.15, 0.2) is 11.6 Å². The Kier molecular flexibility index (Phi) is 5.61. The van der Waals surface area contributed by atoms with Crippen molar-refractivity contribution in [2.75, 3.05) is 23.3 Å². The molecule has 1 aromatic heterocycles. The minimum Gasteiger partial charge on any atom is -0.353 e. The van der Waals surface area contributed by atoms with Crippen molar-refractivity contribution in [1.82, 2.24) is 4.98 Å². The molecular formula is C11H16BrFN2. The number of halogens is 2. The highest BCUT2D eigenvalue weighted by molar-refractivity contribution is 9.09. The third-order valence-corrected chi connectivity index (χ3v) is 2.53. The smallest absolute Gasteiger partial charge is 0.165 e. The highest BCUT2D eigenvalue weighted by atomic mass is 79.9. The van der Waals surface area contributed by atoms with Gasteiger partial charge in [-0.2, -0.15) is 0 Å². The maximum atomic E-state index is 13.5. The second kappa shape index (κ2) is 6.77. The van der Waals surface area contributed by atoms with Crippen LogP contribution in [-0.2, 0) is 0 Å². The second-order valence-corrected chi connectivity index (χ2v) is 4.13. The van der Waals surface area contributed by atoms with Crippen LogP contribution in [0.2, 0.25) is 0 Å². The maximum Gasteiger partial charge on any atom is 0.165 e. The van der Waals surface area contributed by atoms with Crippen molar-refractivity contribution >= 4 is 21.7 Å². The van der Waals surface area contributed by atoms with Gasteiger partial charge in [-0.05, 0) is 18.6 Å². The van der Waals surface area contributed by atoms with Gasteiger partial charge >= 0.3 is 0 Å². The predicted molar refractivity (Wildman–Crippen MR) is 65.1 cm³/mol. The molecule has 1 aromatic rings. The Bertz CT molecular complexity index is 294. The summed E-state index contributed by atoms with van der Waals surface area (Å²) in [5, 5.41) is 0.826. The van der Waals surface area contributed by atoms with Crippen LogP contribution < -0.4 is 4.90 Å². The van der Waals surface area contributed by atoms with Gasteiger partial charge in [0.25, 0.3) is 0 Å². The number of hydrogen-bond acceptors (Lipinski definition) is 2. The quantitative estimate of drug-likeness (QED) is 0.741. The van der Waals surface area contributed by atoms with Crippen LogP contribution in [0.15, 0.2) is 18.3 Å². The number of alkyl halides is 1. The molecule has 0 fully saturated rings. The number of hydrogen-bond donors (Lipinski definition) is 0. The Morgan fingerprint density at radius 1 is 1.47 bits per heavy atom. The molecule has 0 N–H and O–H groups in total. The van der Waals surface area contributed by atoms with Crippen molar-refractivity contribution in [2.45, 2.75) is 19.8 Å². The third kappa shape index (κ3) is 3.78. The van der Waals surface area contributed by atoms with Gasteiger partial charge < -0.3 is 4.90 Å². The fourth-order valence-electron chi connectivity index (χ4n) is 1.38. The minimum atomic E-state index is -0.241. The minimum absolute atomic E-state index is 0.241. The Morgan fingerprint density at radius 3 is 2.87 bits per heavy atom. The average Bonchev–Trinajstić information content (AvgIpc) is 2.25. The number of anilines is 1. The van der Waals surface area contributed by atoms with E-state index in [1.165, 1.54) is 6.07 Å². The first-order valence-electron chi connectivity index (χ1n) is 5.21. The summed E-state index contributed by atoms with van der Waals surface area (Å²) in [6.07, 6.45) is 3.79. The van der Waals surface area contributed by atoms with Crippen LogP contribution in [0.5, 0.6) is 0 Å². The van der Waals surface area contributed by atoms with E-state index in [9.17, 15) is 4.39 Å². The topological polar surface area (TPSA) is 16.1 Å². The second-order valence-electron chi connectivity index (χ2n) is 3.34. The molecule has 0 aromatic carbocycles. The van der Waals surface area contributed by atoms with Gasteiger partial charge in [-0.25, -0.2) is 9.37 Å². The molecule has 84 valence electrons. The average molecular weight is 275 g/mol. The lowest BCUT2D eigenvalue weighted by atomic mass is 10.3. The number of nitrogens with zero attached hydrogens (tertiary/aromatic N) is 2. The lowest BCUT2D eigenvalue weighted by Gasteiger charge is -2.22. The van der Waals surface area contributed by atoms with Crippen molar-refractivity contribution in [2.24, 2.45) is 0 Å². The normalized spacial score (nSPS) is 10.3. The van der Waals surface area contributed by atoms with E-state index in [0.29, 0.717) is 5.82 Å². The lowest BCUT2D eigenvalue weighted by Crippen LogP contribution is -2.28. The predicted octanol–water partition coefficient (Wildman–Crippen LogP) is 3.22. The monoisotopic (exact) mass is 274 g/mol. The summed E-state index contributed by atoms with van der Waals surface area (Å²) in [6.45, 7) is 3.77. The van der Waals surface area contributed by atoms with Gasteiger partial charge in [0, 0.05) is 24.6 Å². The molecule has 0 aliphatic heterocycles. The van der Waals surface area contributed by atoms with Gasteiger partial charge in [-0.3, -0.25) is 0 Å². The van der Waals surface area contributed by atoms with Gasteiger partial charge in [-0.1, -0.05) is 29.3 Å². The summed E-state index contributed by atoms with van der Waals surface area (Å²) in [6, 6.07) is 3.07. The van der Waals surface area contributed by atoms with E-state index < -0.39 is 0 Å². The zero-order valence-electron chi connectivity index (χ0n) is 8.92. The Labute approximate surface area is 98.6 Å². The van der Waals surface area contributed by atoms with Crippen LogP contribution in [0, 0.1) is 5.82 Å². The molecule has 0 radical (unpaired) electrons. The highest BCUT2D eigenvalue weighted by Gasteiger charge is 2.10. The molecule has 2 nitrogen and oxygen atoms in total. The molecule has 1 rings (SSSR count). The molecule has 0 atom stereocenters. The lowest BCUT2D eigenvalue weighted by molar-refractivity contribution is 0.606. The van der Waals surface area contributed by atoms with Crippen LogP contribution >= 0.6 is 15.9 Å². The zero-order chi connectivity index (χ0) is 11.1. The van der Waals surface area contributed by atoms with Crippen LogP contribution in [0.1, 0.15) is 19.8 Å². The first-order valence-corrected chi connectivity index (χ1v) is 6.33. The van der Waals surface area contributed by atoms with E-state index in [0.717, 1.165) is 31.3 Å². The van der Waals surface area contributed by atoms with Gasteiger partial charge in [0.05, 0.1) is 0 Å². The van der Waals surface area contributed by atoms with Crippen LogP contribution in [-0.4, -0.2) is 23.4 Å². The van der Waals surface area contributed by atoms with Gasteiger partial charge in [0.1, 0.15) is 0 Å². The van der Waals surface area contributed by atoms with Crippen molar-refractivity contribution in [3.63, 3.8) is 0 Å². The number of pyridine rings is 1. The van der Waals surface area contributed by atoms with Crippen molar-refractivity contribution in [3.05, 3.63) is 24.1 Å². The van der Waals surface area contributed by atoms with Crippen molar-refractivity contribution in [1.29, 1.82) is 0 Å². The molecule has 0 saturated heterocycles. The summed E-state index contributed by atoms with van der Waals surface area (Å²) in [4.78, 5) is 6.06. The van der Waals surface area contributed by atoms with E-state index >= 15 is 0 Å². The Balaban J connectivity index is 2.74. The van der Waals surface area contributed by atoms with E-state index in [1.54, 1.807) is 12.3 Å². The Hall–Kier alpha value is -0.640. The van der Waals surface area contributed by atoms with Crippen LogP contribution in [0.3, 0.4) is 0 Å². The first kappa shape index (κ1) is 12.4. The summed E-state index contributed by atoms with van der Waals surface area (Å²) in [5.74, 6) is 0.222. The molecule has 0 saturated carbocycles. The highest BCUT2D eigenvalue weighted by Crippen LogP contribution is 2.15. The first-order chi connectivity index (χ1) is 7.29. The molecule has 0 bridgehead atoms. The molecule has 15 heavy (non-hydrogen) atoms. The fourth-order valence-corrected chi connectivity index (χ4v) is 1.81. The molecule has 0 unspecified atom stereocenters. The molecule has 0 aliphatic carbocycles. The number of unbranched alkanes of at least 4 members (excludes halogenated alkanes) is 1. The van der Waals surface area contributed by atoms with Crippen molar-refractivity contribution < 1.29 is 4.39 Å². The molecule has 0 aliphatic rings. The largest absolute Gasteiger partial charge is 0.353 e. The zero-order valence-corrected chi connectivity index (χ0v) is 10.5.